The van der Waals surface area contributed by atoms with Crippen LogP contribution in [0.25, 0.3) is 17.1 Å². The number of carbonyl (C=O) groups excluding carboxylic acids is 1. The van der Waals surface area contributed by atoms with Gasteiger partial charge in [0, 0.05) is 11.8 Å². The number of nitrogens with zero attached hydrogens (tertiary/aromatic N) is 4. The Morgan fingerprint density at radius 3 is 2.89 bits per heavy atom. The van der Waals surface area contributed by atoms with Crippen molar-refractivity contribution in [2.24, 2.45) is 5.10 Å². The van der Waals surface area contributed by atoms with Crippen LogP contribution in [0.3, 0.4) is 0 Å². The summed E-state index contributed by atoms with van der Waals surface area (Å²) in [5.41, 5.74) is 3.50. The van der Waals surface area contributed by atoms with Crippen molar-refractivity contribution < 1.29 is 18.9 Å². The molecule has 0 aliphatic heterocycles. The molecule has 11 heteroatoms. The molecule has 144 valence electrons. The van der Waals surface area contributed by atoms with Crippen LogP contribution in [0.15, 0.2) is 52.1 Å². The van der Waals surface area contributed by atoms with E-state index in [4.69, 9.17) is 20.8 Å². The second kappa shape index (κ2) is 8.35. The van der Waals surface area contributed by atoms with E-state index in [1.54, 1.807) is 37.4 Å². The first-order valence-electron chi connectivity index (χ1n) is 8.04. The second-order valence-corrected chi connectivity index (χ2v) is 5.72. The molecule has 3 rings (SSSR count). The summed E-state index contributed by atoms with van der Waals surface area (Å²) in [6, 6.07) is 9.66. The number of para-hydroxylation sites is 1. The predicted octanol–water partition coefficient (Wildman–Crippen LogP) is 3.77. The molecule has 0 atom stereocenters. The van der Waals surface area contributed by atoms with Crippen molar-refractivity contribution in [2.75, 3.05) is 6.61 Å². The summed E-state index contributed by atoms with van der Waals surface area (Å²) >= 11 is 6.21. The molecule has 1 aromatic carbocycles. The van der Waals surface area contributed by atoms with Crippen LogP contribution in [0, 0.1) is 10.1 Å². The Bertz CT molecular complexity index is 1040. The van der Waals surface area contributed by atoms with Gasteiger partial charge in [0.25, 0.3) is 0 Å². The molecule has 0 bridgehead atoms. The summed E-state index contributed by atoms with van der Waals surface area (Å²) in [5, 5.41) is 19.6. The predicted molar refractivity (Wildman–Crippen MR) is 101 cm³/mol. The van der Waals surface area contributed by atoms with Crippen LogP contribution >= 0.6 is 11.6 Å². The lowest BCUT2D eigenvalue weighted by atomic mass is 10.2. The number of furan rings is 1. The zero-order valence-electron chi connectivity index (χ0n) is 14.5. The molecule has 0 saturated carbocycles. The van der Waals surface area contributed by atoms with Crippen molar-refractivity contribution in [3.8, 4) is 17.1 Å². The van der Waals surface area contributed by atoms with Crippen LogP contribution in [0.1, 0.15) is 12.5 Å². The van der Waals surface area contributed by atoms with Crippen molar-refractivity contribution in [1.29, 1.82) is 0 Å². The largest absolute Gasteiger partial charge is 0.449 e. The molecule has 0 spiro atoms. The number of hydrazone groups is 1. The van der Waals surface area contributed by atoms with E-state index in [0.29, 0.717) is 16.3 Å². The Balaban J connectivity index is 2.00. The lowest BCUT2D eigenvalue weighted by Gasteiger charge is -2.02. The Hall–Kier alpha value is -3.66. The average Bonchev–Trinajstić information content (AvgIpc) is 3.29. The van der Waals surface area contributed by atoms with Crippen LogP contribution < -0.4 is 5.43 Å². The van der Waals surface area contributed by atoms with Crippen LogP contribution in [0.2, 0.25) is 5.02 Å². The zero-order valence-corrected chi connectivity index (χ0v) is 15.3. The van der Waals surface area contributed by atoms with Crippen LogP contribution in [-0.4, -0.2) is 33.6 Å². The normalized spacial score (nSPS) is 10.9. The Morgan fingerprint density at radius 2 is 2.21 bits per heavy atom. The molecular formula is C17H14ClN5O5. The van der Waals surface area contributed by atoms with E-state index in [9.17, 15) is 14.9 Å². The average molecular weight is 404 g/mol. The highest BCUT2D eigenvalue weighted by molar-refractivity contribution is 6.32. The number of carbonyl (C=O) groups is 1. The smallest absolute Gasteiger partial charge is 0.433 e. The highest BCUT2D eigenvalue weighted by atomic mass is 35.5. The number of aromatic nitrogens is 2. The van der Waals surface area contributed by atoms with Gasteiger partial charge in [-0.25, -0.2) is 14.9 Å². The number of rotatable bonds is 6. The van der Waals surface area contributed by atoms with Crippen molar-refractivity contribution in [1.82, 2.24) is 15.2 Å². The van der Waals surface area contributed by atoms with Gasteiger partial charge < -0.3 is 9.15 Å². The number of hydrogen-bond donors (Lipinski definition) is 1. The van der Waals surface area contributed by atoms with Gasteiger partial charge in [-0.15, -0.1) is 0 Å². The maximum Gasteiger partial charge on any atom is 0.433 e. The van der Waals surface area contributed by atoms with Gasteiger partial charge in [0.2, 0.25) is 0 Å². The Kier molecular flexibility index (Phi) is 5.70. The molecule has 0 radical (unpaired) electrons. The van der Waals surface area contributed by atoms with Gasteiger partial charge in [0.05, 0.1) is 29.6 Å². The van der Waals surface area contributed by atoms with E-state index >= 15 is 0 Å². The molecule has 0 aliphatic carbocycles. The third-order valence-corrected chi connectivity index (χ3v) is 3.80. The standard InChI is InChI=1S/C17H14ClN5O5/c1-2-27-17(24)20-19-9-11-10-22(13-6-4-3-5-12(13)18)21-16(11)14-7-8-15(28-14)23(25)26/h3-10H,2H2,1H3,(H,20,24)/b19-9+. The van der Waals surface area contributed by atoms with Crippen molar-refractivity contribution >= 4 is 29.8 Å². The minimum atomic E-state index is -0.715. The Morgan fingerprint density at radius 1 is 1.43 bits per heavy atom. The molecule has 2 aromatic heterocycles. The zero-order chi connectivity index (χ0) is 20.1. The van der Waals surface area contributed by atoms with Gasteiger partial charge in [-0.1, -0.05) is 23.7 Å². The first-order chi connectivity index (χ1) is 13.5. The topological polar surface area (TPSA) is 125 Å². The van der Waals surface area contributed by atoms with E-state index in [1.807, 2.05) is 0 Å². The van der Waals surface area contributed by atoms with E-state index in [0.717, 1.165) is 0 Å². The number of halogens is 1. The van der Waals surface area contributed by atoms with Gasteiger partial charge in [-0.05, 0) is 25.1 Å². The van der Waals surface area contributed by atoms with Crippen LogP contribution in [0.4, 0.5) is 10.7 Å². The van der Waals surface area contributed by atoms with Gasteiger partial charge in [0.1, 0.15) is 10.6 Å². The summed E-state index contributed by atoms with van der Waals surface area (Å²) in [6.07, 6.45) is 2.20. The Labute approximate surface area is 163 Å². The fourth-order valence-electron chi connectivity index (χ4n) is 2.31. The first kappa shape index (κ1) is 19.1. The van der Waals surface area contributed by atoms with E-state index < -0.39 is 16.9 Å². The molecule has 10 nitrogen and oxygen atoms in total. The summed E-state index contributed by atoms with van der Waals surface area (Å²) in [7, 11) is 0. The van der Waals surface area contributed by atoms with Crippen molar-refractivity contribution in [2.45, 2.75) is 6.92 Å². The highest BCUT2D eigenvalue weighted by Gasteiger charge is 2.19. The summed E-state index contributed by atoms with van der Waals surface area (Å²) in [4.78, 5) is 21.6. The number of nitro groups is 1. The van der Waals surface area contributed by atoms with Gasteiger partial charge in [-0.3, -0.25) is 10.1 Å². The lowest BCUT2D eigenvalue weighted by Crippen LogP contribution is -2.18. The van der Waals surface area contributed by atoms with Crippen molar-refractivity contribution in [3.05, 3.63) is 63.3 Å². The molecule has 1 amide bonds. The number of hydrogen-bond acceptors (Lipinski definition) is 7. The van der Waals surface area contributed by atoms with E-state index in [2.05, 4.69) is 15.6 Å². The number of benzene rings is 1. The minimum Gasteiger partial charge on any atom is -0.449 e. The summed E-state index contributed by atoms with van der Waals surface area (Å²) in [5.74, 6) is -0.259. The summed E-state index contributed by atoms with van der Waals surface area (Å²) < 4.78 is 11.4. The summed E-state index contributed by atoms with van der Waals surface area (Å²) in [6.45, 7) is 1.87. The number of nitrogens with one attached hydrogen (secondary N) is 1. The van der Waals surface area contributed by atoms with Gasteiger partial charge in [-0.2, -0.15) is 10.2 Å². The number of ether oxygens (including phenoxy) is 1. The van der Waals surface area contributed by atoms with E-state index in [-0.39, 0.29) is 18.1 Å². The molecular weight excluding hydrogens is 390 g/mol. The molecule has 28 heavy (non-hydrogen) atoms. The highest BCUT2D eigenvalue weighted by Crippen LogP contribution is 2.29. The fraction of sp³-hybridized carbons (Fsp3) is 0.118. The monoisotopic (exact) mass is 403 g/mol. The van der Waals surface area contributed by atoms with Crippen LogP contribution in [0.5, 0.6) is 0 Å². The second-order valence-electron chi connectivity index (χ2n) is 5.31. The van der Waals surface area contributed by atoms with E-state index in [1.165, 1.54) is 23.0 Å². The molecule has 2 heterocycles. The molecule has 3 aromatic rings. The maximum atomic E-state index is 11.4. The lowest BCUT2D eigenvalue weighted by molar-refractivity contribution is -0.401. The number of amides is 1. The van der Waals surface area contributed by atoms with Crippen molar-refractivity contribution in [3.63, 3.8) is 0 Å². The van der Waals surface area contributed by atoms with Crippen LogP contribution in [-0.2, 0) is 4.74 Å². The molecule has 0 aliphatic rings. The van der Waals surface area contributed by atoms with Gasteiger partial charge in [0.15, 0.2) is 5.76 Å². The minimum absolute atomic E-state index is 0.162. The third kappa shape index (κ3) is 4.18. The molecule has 0 saturated heterocycles. The fourth-order valence-corrected chi connectivity index (χ4v) is 2.53. The molecule has 1 N–H and O–H groups in total. The maximum absolute atomic E-state index is 11.4. The quantitative estimate of drug-likeness (QED) is 0.379. The van der Waals surface area contributed by atoms with Gasteiger partial charge >= 0.3 is 12.0 Å². The molecule has 0 unspecified atom stereocenters. The molecule has 0 fully saturated rings. The SMILES string of the molecule is CCOC(=O)N/N=C/c1cn(-c2ccccc2Cl)nc1-c1ccc([N+](=O)[O-])o1. The first-order valence-corrected chi connectivity index (χ1v) is 8.42. The third-order valence-electron chi connectivity index (χ3n) is 3.48.